The van der Waals surface area contributed by atoms with E-state index in [1.165, 1.54) is 62.6 Å². The third-order valence-corrected chi connectivity index (χ3v) is 6.70. The summed E-state index contributed by atoms with van der Waals surface area (Å²) >= 11 is 0. The van der Waals surface area contributed by atoms with Crippen molar-refractivity contribution in [2.24, 2.45) is 11.8 Å². The minimum Gasteiger partial charge on any atom is -0.482 e. The molecule has 3 heteroatoms. The third kappa shape index (κ3) is 6.06. The summed E-state index contributed by atoms with van der Waals surface area (Å²) in [4.78, 5) is 0. The number of hydrogen-bond donors (Lipinski definition) is 0. The normalized spacial score (nSPS) is 19.3. The number of unbranched alkanes of at least 4 members (excludes halogenated alkanes) is 2. The van der Waals surface area contributed by atoms with Crippen molar-refractivity contribution >= 4 is 0 Å². The minimum absolute atomic E-state index is 0.147. The molecule has 1 aliphatic rings. The van der Waals surface area contributed by atoms with Gasteiger partial charge in [-0.25, -0.2) is 8.78 Å². The highest BCUT2D eigenvalue weighted by Crippen LogP contribution is 2.41. The summed E-state index contributed by atoms with van der Waals surface area (Å²) < 4.78 is 33.8. The number of rotatable bonds is 11. The van der Waals surface area contributed by atoms with Gasteiger partial charge in [0.1, 0.15) is 11.9 Å². The van der Waals surface area contributed by atoms with Crippen LogP contribution in [0, 0.1) is 23.5 Å². The third-order valence-electron chi connectivity index (χ3n) is 6.70. The maximum atomic E-state index is 14.3. The Labute approximate surface area is 180 Å². The maximum absolute atomic E-state index is 14.3. The van der Waals surface area contributed by atoms with Crippen molar-refractivity contribution in [1.29, 1.82) is 0 Å². The molecule has 0 saturated carbocycles. The van der Waals surface area contributed by atoms with Crippen molar-refractivity contribution < 1.29 is 13.5 Å². The molecular weight excluding hydrogens is 378 g/mol. The molecule has 0 fully saturated rings. The van der Waals surface area contributed by atoms with E-state index in [9.17, 15) is 8.78 Å². The second kappa shape index (κ2) is 11.5. The van der Waals surface area contributed by atoms with Gasteiger partial charge in [0.05, 0.1) is 0 Å². The zero-order valence-corrected chi connectivity index (χ0v) is 18.5. The molecule has 164 valence electrons. The predicted octanol–water partition coefficient (Wildman–Crippen LogP) is 8.42. The first-order chi connectivity index (χ1) is 14.6. The fraction of sp³-hybridized carbons (Fsp3) is 0.556. The molecule has 3 rings (SSSR count). The van der Waals surface area contributed by atoms with Crippen molar-refractivity contribution in [1.82, 2.24) is 0 Å². The van der Waals surface area contributed by atoms with E-state index in [1.807, 2.05) is 6.07 Å². The highest BCUT2D eigenvalue weighted by atomic mass is 19.1. The zero-order chi connectivity index (χ0) is 21.3. The van der Waals surface area contributed by atoms with E-state index in [0.29, 0.717) is 5.92 Å². The monoisotopic (exact) mass is 414 g/mol. The highest BCUT2D eigenvalue weighted by molar-refractivity contribution is 5.34. The molecule has 0 N–H and O–H groups in total. The number of halogens is 2. The van der Waals surface area contributed by atoms with Crippen molar-refractivity contribution in [3.05, 3.63) is 65.2 Å². The molecule has 0 aromatic heterocycles. The van der Waals surface area contributed by atoms with Gasteiger partial charge in [0.25, 0.3) is 0 Å². The highest BCUT2D eigenvalue weighted by Gasteiger charge is 2.31. The van der Waals surface area contributed by atoms with E-state index in [2.05, 4.69) is 32.0 Å². The van der Waals surface area contributed by atoms with Crippen LogP contribution in [-0.2, 0) is 6.42 Å². The van der Waals surface area contributed by atoms with E-state index < -0.39 is 11.6 Å². The van der Waals surface area contributed by atoms with Crippen LogP contribution < -0.4 is 4.74 Å². The molecule has 3 atom stereocenters. The molecule has 0 saturated heterocycles. The van der Waals surface area contributed by atoms with Crippen LogP contribution in [-0.4, -0.2) is 0 Å². The van der Waals surface area contributed by atoms with E-state index in [0.717, 1.165) is 36.8 Å². The number of fused-ring (bicyclic) bond motifs is 1. The number of benzene rings is 2. The summed E-state index contributed by atoms with van der Waals surface area (Å²) in [6.45, 7) is 4.57. The van der Waals surface area contributed by atoms with Gasteiger partial charge in [-0.3, -0.25) is 0 Å². The largest absolute Gasteiger partial charge is 0.482 e. The molecule has 0 amide bonds. The summed E-state index contributed by atoms with van der Waals surface area (Å²) in [7, 11) is 0. The van der Waals surface area contributed by atoms with Gasteiger partial charge in [-0.05, 0) is 48.4 Å². The Hall–Kier alpha value is -1.90. The van der Waals surface area contributed by atoms with Crippen LogP contribution in [0.1, 0.15) is 88.9 Å². The number of ether oxygens (including phenoxy) is 1. The van der Waals surface area contributed by atoms with Gasteiger partial charge in [0.15, 0.2) is 11.6 Å². The van der Waals surface area contributed by atoms with E-state index in [4.69, 9.17) is 4.74 Å². The molecular formula is C27H36F2O. The molecule has 2 aromatic rings. The van der Waals surface area contributed by atoms with Gasteiger partial charge < -0.3 is 4.74 Å². The quantitative estimate of drug-likeness (QED) is 0.335. The van der Waals surface area contributed by atoms with Crippen molar-refractivity contribution in [2.75, 3.05) is 0 Å². The van der Waals surface area contributed by atoms with Gasteiger partial charge in [-0.2, -0.15) is 0 Å². The van der Waals surface area contributed by atoms with Gasteiger partial charge in [-0.1, -0.05) is 83.1 Å². The van der Waals surface area contributed by atoms with Gasteiger partial charge >= 0.3 is 0 Å². The second-order valence-electron chi connectivity index (χ2n) is 8.81. The first kappa shape index (κ1) is 22.8. The molecule has 0 bridgehead atoms. The topological polar surface area (TPSA) is 9.23 Å². The van der Waals surface area contributed by atoms with Crippen molar-refractivity contribution in [3.63, 3.8) is 0 Å². The molecule has 0 aliphatic heterocycles. The fourth-order valence-corrected chi connectivity index (χ4v) is 4.83. The van der Waals surface area contributed by atoms with Gasteiger partial charge in [0, 0.05) is 12.0 Å². The van der Waals surface area contributed by atoms with E-state index in [1.54, 1.807) is 0 Å². The van der Waals surface area contributed by atoms with Crippen LogP contribution in [0.2, 0.25) is 0 Å². The molecule has 0 radical (unpaired) electrons. The van der Waals surface area contributed by atoms with Crippen LogP contribution in [0.4, 0.5) is 8.78 Å². The van der Waals surface area contributed by atoms with E-state index >= 15 is 0 Å². The van der Waals surface area contributed by atoms with Crippen LogP contribution in [0.3, 0.4) is 0 Å². The average molecular weight is 415 g/mol. The number of aryl methyl sites for hydroxylation is 1. The fourth-order valence-electron chi connectivity index (χ4n) is 4.83. The lowest BCUT2D eigenvalue weighted by molar-refractivity contribution is 0.105. The molecule has 0 heterocycles. The smallest absolute Gasteiger partial charge is 0.168 e. The summed E-state index contributed by atoms with van der Waals surface area (Å²) in [5.74, 6) is 0.152. The number of hydrogen-bond acceptors (Lipinski definition) is 1. The molecule has 1 aliphatic carbocycles. The summed E-state index contributed by atoms with van der Waals surface area (Å²) in [5, 5.41) is 0. The van der Waals surface area contributed by atoms with E-state index in [-0.39, 0.29) is 11.9 Å². The van der Waals surface area contributed by atoms with Gasteiger partial charge in [-0.15, -0.1) is 0 Å². The Morgan fingerprint density at radius 1 is 1.00 bits per heavy atom. The first-order valence-electron chi connectivity index (χ1n) is 11.8. The predicted molar refractivity (Wildman–Crippen MR) is 120 cm³/mol. The van der Waals surface area contributed by atoms with Crippen molar-refractivity contribution in [3.8, 4) is 5.75 Å². The molecule has 3 unspecified atom stereocenters. The SMILES string of the molecule is CCCCC(CC)CCCCC1CCc2ccccc2C1Oc1ccc(F)cc1F. The average Bonchev–Trinajstić information content (AvgIpc) is 2.76. The Morgan fingerprint density at radius 2 is 1.80 bits per heavy atom. The lowest BCUT2D eigenvalue weighted by Crippen LogP contribution is -2.25. The van der Waals surface area contributed by atoms with Crippen LogP contribution in [0.25, 0.3) is 0 Å². The molecule has 30 heavy (non-hydrogen) atoms. The van der Waals surface area contributed by atoms with Crippen LogP contribution >= 0.6 is 0 Å². The van der Waals surface area contributed by atoms with Crippen molar-refractivity contribution in [2.45, 2.75) is 84.2 Å². The molecule has 0 spiro atoms. The molecule has 2 aromatic carbocycles. The first-order valence-corrected chi connectivity index (χ1v) is 11.8. The summed E-state index contributed by atoms with van der Waals surface area (Å²) in [6.07, 6.45) is 12.0. The Morgan fingerprint density at radius 3 is 2.57 bits per heavy atom. The zero-order valence-electron chi connectivity index (χ0n) is 18.5. The van der Waals surface area contributed by atoms with Gasteiger partial charge in [0.2, 0.25) is 0 Å². The summed E-state index contributed by atoms with van der Waals surface area (Å²) in [6, 6.07) is 11.9. The maximum Gasteiger partial charge on any atom is 0.168 e. The molecule has 1 nitrogen and oxygen atoms in total. The summed E-state index contributed by atoms with van der Waals surface area (Å²) in [5.41, 5.74) is 2.44. The van der Waals surface area contributed by atoms with Crippen LogP contribution in [0.15, 0.2) is 42.5 Å². The lowest BCUT2D eigenvalue weighted by atomic mass is 9.78. The Balaban J connectivity index is 1.65. The second-order valence-corrected chi connectivity index (χ2v) is 8.81. The Kier molecular flexibility index (Phi) is 8.72. The Bertz CT molecular complexity index is 788. The lowest BCUT2D eigenvalue weighted by Gasteiger charge is -2.34. The minimum atomic E-state index is -0.626. The van der Waals surface area contributed by atoms with Crippen LogP contribution in [0.5, 0.6) is 5.75 Å². The standard InChI is InChI=1S/C27H36F2O/c1-3-5-10-20(4-2)11-6-7-13-22-16-15-21-12-8-9-14-24(21)27(22)30-26-18-17-23(28)19-25(26)29/h8-9,12,14,17-20,22,27H,3-7,10-11,13,15-16H2,1-2H3.